The largest absolute Gasteiger partial charge is 0.467 e. The molecule has 0 unspecified atom stereocenters. The summed E-state index contributed by atoms with van der Waals surface area (Å²) in [5.74, 6) is 1.62. The van der Waals surface area contributed by atoms with Crippen molar-refractivity contribution in [1.29, 1.82) is 0 Å². The van der Waals surface area contributed by atoms with E-state index in [4.69, 9.17) is 13.6 Å². The third kappa shape index (κ3) is 3.36. The molecular formula is C28H19NO5. The lowest BCUT2D eigenvalue weighted by Crippen LogP contribution is -2.29. The lowest BCUT2D eigenvalue weighted by Gasteiger charge is -2.24. The third-order valence-corrected chi connectivity index (χ3v) is 5.93. The standard InChI is InChI=1S/C28H19NO5/c30-26-22-13-4-5-14-23(22)34-27-24(26)25(29(28(27)31)17-21-12-7-15-32-21)18-8-6-11-20(16-18)33-19-9-2-1-3-10-19/h1-16,25H,17H2/t25-/m0/s1. The molecular weight excluding hydrogens is 430 g/mol. The van der Waals surface area contributed by atoms with Gasteiger partial charge in [0, 0.05) is 0 Å². The molecule has 6 rings (SSSR count). The number of nitrogens with zero attached hydrogens (tertiary/aromatic N) is 1. The van der Waals surface area contributed by atoms with E-state index in [9.17, 15) is 9.59 Å². The van der Waals surface area contributed by atoms with Crippen LogP contribution in [-0.4, -0.2) is 10.8 Å². The highest BCUT2D eigenvalue weighted by atomic mass is 16.5. The summed E-state index contributed by atoms with van der Waals surface area (Å²) in [7, 11) is 0. The molecule has 2 aromatic heterocycles. The summed E-state index contributed by atoms with van der Waals surface area (Å²) in [6.45, 7) is 0.195. The van der Waals surface area contributed by atoms with Crippen LogP contribution in [0, 0.1) is 0 Å². The quantitative estimate of drug-likeness (QED) is 0.333. The number of carbonyl (C=O) groups excluding carboxylic acids is 1. The first-order valence-electron chi connectivity index (χ1n) is 10.9. The van der Waals surface area contributed by atoms with Crippen LogP contribution in [0.15, 0.2) is 111 Å². The van der Waals surface area contributed by atoms with Gasteiger partial charge in [0.15, 0.2) is 5.43 Å². The Kier molecular flexibility index (Phi) is 4.77. The zero-order chi connectivity index (χ0) is 23.1. The number of amides is 1. The molecule has 1 atom stereocenters. The zero-order valence-electron chi connectivity index (χ0n) is 18.0. The first-order chi connectivity index (χ1) is 16.7. The molecule has 1 aliphatic heterocycles. The molecule has 3 heterocycles. The summed E-state index contributed by atoms with van der Waals surface area (Å²) < 4.78 is 17.5. The van der Waals surface area contributed by atoms with Crippen molar-refractivity contribution in [3.8, 4) is 11.5 Å². The number of ether oxygens (including phenoxy) is 1. The lowest BCUT2D eigenvalue weighted by molar-refractivity contribution is 0.0701. The Morgan fingerprint density at radius 1 is 0.824 bits per heavy atom. The molecule has 166 valence electrons. The van der Waals surface area contributed by atoms with E-state index in [1.807, 2.05) is 54.6 Å². The Morgan fingerprint density at radius 2 is 1.62 bits per heavy atom. The van der Waals surface area contributed by atoms with Gasteiger partial charge >= 0.3 is 0 Å². The molecule has 0 aliphatic carbocycles. The topological polar surface area (TPSA) is 72.9 Å². The molecule has 0 saturated heterocycles. The second kappa shape index (κ2) is 8.08. The molecule has 0 fully saturated rings. The summed E-state index contributed by atoms with van der Waals surface area (Å²) in [5, 5.41) is 0.440. The van der Waals surface area contributed by atoms with Gasteiger partial charge in [0.2, 0.25) is 5.76 Å². The van der Waals surface area contributed by atoms with Crippen molar-refractivity contribution in [3.63, 3.8) is 0 Å². The maximum atomic E-state index is 13.6. The molecule has 0 spiro atoms. The number of fused-ring (bicyclic) bond motifs is 2. The number of furan rings is 1. The summed E-state index contributed by atoms with van der Waals surface area (Å²) >= 11 is 0. The predicted octanol–water partition coefficient (Wildman–Crippen LogP) is 5.92. The molecule has 0 N–H and O–H groups in total. The fraction of sp³-hybridized carbons (Fsp3) is 0.0714. The van der Waals surface area contributed by atoms with E-state index in [1.54, 1.807) is 47.6 Å². The van der Waals surface area contributed by atoms with Crippen LogP contribution in [0.4, 0.5) is 0 Å². The van der Waals surface area contributed by atoms with Gasteiger partial charge in [-0.2, -0.15) is 0 Å². The maximum absolute atomic E-state index is 13.6. The number of benzene rings is 3. The Morgan fingerprint density at radius 3 is 2.44 bits per heavy atom. The van der Waals surface area contributed by atoms with Crippen LogP contribution >= 0.6 is 0 Å². The van der Waals surface area contributed by atoms with E-state index in [0.29, 0.717) is 33.8 Å². The van der Waals surface area contributed by atoms with Gasteiger partial charge in [-0.25, -0.2) is 0 Å². The van der Waals surface area contributed by atoms with Crippen LogP contribution in [0.3, 0.4) is 0 Å². The minimum Gasteiger partial charge on any atom is -0.467 e. The highest BCUT2D eigenvalue weighted by molar-refractivity contribution is 5.99. The van der Waals surface area contributed by atoms with Crippen LogP contribution in [0.25, 0.3) is 11.0 Å². The molecule has 1 amide bonds. The summed E-state index contributed by atoms with van der Waals surface area (Å²) in [4.78, 5) is 28.7. The molecule has 0 saturated carbocycles. The van der Waals surface area contributed by atoms with Gasteiger partial charge in [-0.05, 0) is 54.1 Å². The first-order valence-corrected chi connectivity index (χ1v) is 10.9. The second-order valence-electron chi connectivity index (χ2n) is 8.07. The Hall–Kier alpha value is -4.58. The van der Waals surface area contributed by atoms with Crippen molar-refractivity contribution < 1.29 is 18.4 Å². The van der Waals surface area contributed by atoms with Gasteiger partial charge < -0.3 is 18.5 Å². The normalized spacial score (nSPS) is 15.0. The van der Waals surface area contributed by atoms with Crippen molar-refractivity contribution in [1.82, 2.24) is 4.90 Å². The van der Waals surface area contributed by atoms with E-state index < -0.39 is 6.04 Å². The van der Waals surface area contributed by atoms with Crippen LogP contribution in [-0.2, 0) is 6.54 Å². The SMILES string of the molecule is O=C1c2oc3ccccc3c(=O)c2[C@H](c2cccc(Oc3ccccc3)c2)N1Cc1ccco1. The van der Waals surface area contributed by atoms with Crippen molar-refractivity contribution in [3.05, 3.63) is 130 Å². The Labute approximate surface area is 194 Å². The van der Waals surface area contributed by atoms with E-state index in [2.05, 4.69) is 0 Å². The molecule has 1 aliphatic rings. The monoisotopic (exact) mass is 449 g/mol. The lowest BCUT2D eigenvalue weighted by atomic mass is 9.98. The average Bonchev–Trinajstić information content (AvgIpc) is 3.47. The minimum absolute atomic E-state index is 0.0645. The van der Waals surface area contributed by atoms with Crippen LogP contribution in [0.1, 0.15) is 33.5 Å². The highest BCUT2D eigenvalue weighted by Crippen LogP contribution is 2.40. The fourth-order valence-corrected chi connectivity index (χ4v) is 4.42. The summed E-state index contributed by atoms with van der Waals surface area (Å²) in [6, 6.07) is 26.8. The maximum Gasteiger partial charge on any atom is 0.291 e. The zero-order valence-corrected chi connectivity index (χ0v) is 18.0. The number of rotatable bonds is 5. The number of carbonyl (C=O) groups is 1. The van der Waals surface area contributed by atoms with Gasteiger partial charge in [0.1, 0.15) is 22.8 Å². The van der Waals surface area contributed by atoms with Crippen LogP contribution < -0.4 is 10.2 Å². The van der Waals surface area contributed by atoms with Crippen molar-refractivity contribution in [2.24, 2.45) is 0 Å². The van der Waals surface area contributed by atoms with E-state index in [1.165, 1.54) is 0 Å². The van der Waals surface area contributed by atoms with Gasteiger partial charge in [0.25, 0.3) is 5.91 Å². The van der Waals surface area contributed by atoms with Gasteiger partial charge in [0.05, 0.1) is 29.8 Å². The predicted molar refractivity (Wildman–Crippen MR) is 126 cm³/mol. The average molecular weight is 449 g/mol. The molecule has 6 nitrogen and oxygen atoms in total. The molecule has 3 aromatic carbocycles. The van der Waals surface area contributed by atoms with E-state index in [-0.39, 0.29) is 23.6 Å². The molecule has 5 aromatic rings. The van der Waals surface area contributed by atoms with Gasteiger partial charge in [-0.15, -0.1) is 0 Å². The van der Waals surface area contributed by atoms with Gasteiger partial charge in [-0.1, -0.05) is 42.5 Å². The summed E-state index contributed by atoms with van der Waals surface area (Å²) in [6.07, 6.45) is 1.56. The number of para-hydroxylation sites is 2. The van der Waals surface area contributed by atoms with Crippen molar-refractivity contribution >= 4 is 16.9 Å². The Bertz CT molecular complexity index is 1550. The van der Waals surface area contributed by atoms with E-state index in [0.717, 1.165) is 5.56 Å². The molecule has 0 radical (unpaired) electrons. The smallest absolute Gasteiger partial charge is 0.291 e. The number of hydrogen-bond donors (Lipinski definition) is 0. The second-order valence-corrected chi connectivity index (χ2v) is 8.07. The molecule has 6 heteroatoms. The minimum atomic E-state index is -0.646. The molecule has 0 bridgehead atoms. The van der Waals surface area contributed by atoms with Gasteiger partial charge in [-0.3, -0.25) is 9.59 Å². The first kappa shape index (κ1) is 20.1. The van der Waals surface area contributed by atoms with Crippen LogP contribution in [0.2, 0.25) is 0 Å². The van der Waals surface area contributed by atoms with E-state index >= 15 is 0 Å². The fourth-order valence-electron chi connectivity index (χ4n) is 4.42. The highest BCUT2D eigenvalue weighted by Gasteiger charge is 2.43. The number of hydrogen-bond acceptors (Lipinski definition) is 5. The van der Waals surface area contributed by atoms with Crippen molar-refractivity contribution in [2.45, 2.75) is 12.6 Å². The van der Waals surface area contributed by atoms with Crippen LogP contribution in [0.5, 0.6) is 11.5 Å². The van der Waals surface area contributed by atoms with Crippen molar-refractivity contribution in [2.75, 3.05) is 0 Å². The molecule has 34 heavy (non-hydrogen) atoms. The summed E-state index contributed by atoms with van der Waals surface area (Å²) in [5.41, 5.74) is 1.24. The third-order valence-electron chi connectivity index (χ3n) is 5.93. The Balaban J connectivity index is 1.50.